The van der Waals surface area contributed by atoms with E-state index in [0.717, 1.165) is 60.2 Å². The average Bonchev–Trinajstić information content (AvgIpc) is 3.22. The Labute approximate surface area is 191 Å². The molecular formula is C24H26ClN3O2S. The van der Waals surface area contributed by atoms with Crippen molar-refractivity contribution in [1.29, 1.82) is 0 Å². The molecule has 5 nitrogen and oxygen atoms in total. The summed E-state index contributed by atoms with van der Waals surface area (Å²) in [6.45, 7) is 6.75. The molecule has 1 aliphatic rings. The Kier molecular flexibility index (Phi) is 7.35. The number of rotatable bonds is 7. The van der Waals surface area contributed by atoms with Gasteiger partial charge in [-0.25, -0.2) is 4.98 Å². The van der Waals surface area contributed by atoms with Crippen molar-refractivity contribution in [2.45, 2.75) is 13.3 Å². The highest BCUT2D eigenvalue weighted by atomic mass is 35.5. The first-order chi connectivity index (χ1) is 15.1. The lowest BCUT2D eigenvalue weighted by molar-refractivity contribution is -0.114. The predicted molar refractivity (Wildman–Crippen MR) is 129 cm³/mol. The normalized spacial score (nSPS) is 15.0. The number of benzene rings is 2. The minimum absolute atomic E-state index is 0.0945. The van der Waals surface area contributed by atoms with Gasteiger partial charge in [0.15, 0.2) is 5.13 Å². The number of halogens is 1. The maximum atomic E-state index is 13.2. The summed E-state index contributed by atoms with van der Waals surface area (Å²) in [7, 11) is 0. The Morgan fingerprint density at radius 1 is 1.26 bits per heavy atom. The topological polar surface area (TPSA) is 45.7 Å². The number of ether oxygens (including phenoxy) is 1. The van der Waals surface area contributed by atoms with Crippen molar-refractivity contribution >= 4 is 50.3 Å². The zero-order chi connectivity index (χ0) is 21.6. The minimum Gasteiger partial charge on any atom is -0.379 e. The monoisotopic (exact) mass is 455 g/mol. The van der Waals surface area contributed by atoms with E-state index >= 15 is 0 Å². The van der Waals surface area contributed by atoms with Crippen LogP contribution in [0, 0.1) is 0 Å². The van der Waals surface area contributed by atoms with Crippen molar-refractivity contribution in [3.8, 4) is 0 Å². The van der Waals surface area contributed by atoms with Gasteiger partial charge in [0, 0.05) is 37.3 Å². The molecule has 0 spiro atoms. The molecule has 0 N–H and O–H groups in total. The number of amides is 1. The second kappa shape index (κ2) is 10.4. The maximum Gasteiger partial charge on any atom is 0.252 e. The minimum atomic E-state index is -0.0945. The van der Waals surface area contributed by atoms with Crippen molar-refractivity contribution in [2.24, 2.45) is 0 Å². The lowest BCUT2D eigenvalue weighted by Gasteiger charge is -2.28. The number of fused-ring (bicyclic) bond motifs is 1. The van der Waals surface area contributed by atoms with E-state index in [9.17, 15) is 4.79 Å². The maximum absolute atomic E-state index is 13.2. The molecule has 0 aliphatic carbocycles. The Bertz CT molecular complexity index is 1080. The summed E-state index contributed by atoms with van der Waals surface area (Å²) in [5, 5.41) is 1.35. The lowest BCUT2D eigenvalue weighted by Crippen LogP contribution is -2.42. The highest BCUT2D eigenvalue weighted by Crippen LogP contribution is 2.30. The van der Waals surface area contributed by atoms with Gasteiger partial charge in [-0.3, -0.25) is 14.6 Å². The molecule has 0 atom stereocenters. The largest absolute Gasteiger partial charge is 0.379 e. The predicted octanol–water partition coefficient (Wildman–Crippen LogP) is 4.89. The molecule has 1 saturated heterocycles. The summed E-state index contributed by atoms with van der Waals surface area (Å²) in [5.41, 5.74) is 3.02. The van der Waals surface area contributed by atoms with Crippen molar-refractivity contribution in [3.05, 3.63) is 64.7 Å². The third-order valence-electron chi connectivity index (χ3n) is 5.40. The molecule has 1 amide bonds. The third-order valence-corrected chi connectivity index (χ3v) is 6.79. The van der Waals surface area contributed by atoms with Crippen LogP contribution in [-0.4, -0.2) is 55.2 Å². The average molecular weight is 456 g/mol. The first-order valence-electron chi connectivity index (χ1n) is 10.6. The van der Waals surface area contributed by atoms with Gasteiger partial charge in [-0.05, 0) is 41.8 Å². The smallest absolute Gasteiger partial charge is 0.252 e. The van der Waals surface area contributed by atoms with Gasteiger partial charge in [0.1, 0.15) is 0 Å². The van der Waals surface area contributed by atoms with Gasteiger partial charge in [0.05, 0.1) is 23.4 Å². The van der Waals surface area contributed by atoms with Crippen molar-refractivity contribution in [1.82, 2.24) is 9.88 Å². The third kappa shape index (κ3) is 5.52. The molecule has 3 aromatic rings. The van der Waals surface area contributed by atoms with Crippen LogP contribution in [0.4, 0.5) is 5.13 Å². The van der Waals surface area contributed by atoms with E-state index in [-0.39, 0.29) is 5.91 Å². The zero-order valence-corrected chi connectivity index (χ0v) is 19.2. The Hall–Kier alpha value is -2.25. The van der Waals surface area contributed by atoms with Gasteiger partial charge in [0.25, 0.3) is 5.91 Å². The number of thiazole rings is 1. The lowest BCUT2D eigenvalue weighted by atomic mass is 10.2. The summed E-state index contributed by atoms with van der Waals surface area (Å²) in [6.07, 6.45) is 4.34. The van der Waals surface area contributed by atoms with Gasteiger partial charge >= 0.3 is 0 Å². The number of nitrogens with zero attached hydrogens (tertiary/aromatic N) is 3. The van der Waals surface area contributed by atoms with Crippen LogP contribution in [0.15, 0.2) is 48.5 Å². The molecule has 0 bridgehead atoms. The molecular weight excluding hydrogens is 430 g/mol. The number of carbonyl (C=O) groups excluding carboxylic acids is 1. The first-order valence-corrected chi connectivity index (χ1v) is 11.8. The molecule has 7 heteroatoms. The molecule has 2 aromatic carbocycles. The van der Waals surface area contributed by atoms with E-state index in [1.807, 2.05) is 30.3 Å². The molecule has 4 rings (SSSR count). The Morgan fingerprint density at radius 2 is 2.06 bits per heavy atom. The fraction of sp³-hybridized carbons (Fsp3) is 0.333. The molecule has 1 aromatic heterocycles. The van der Waals surface area contributed by atoms with Crippen LogP contribution in [0.3, 0.4) is 0 Å². The number of hydrogen-bond donors (Lipinski definition) is 0. The van der Waals surface area contributed by atoms with Crippen LogP contribution >= 0.6 is 22.9 Å². The van der Waals surface area contributed by atoms with Gasteiger partial charge < -0.3 is 4.74 Å². The van der Waals surface area contributed by atoms with E-state index in [1.165, 1.54) is 5.56 Å². The van der Waals surface area contributed by atoms with Gasteiger partial charge in [0.2, 0.25) is 0 Å². The second-order valence-electron chi connectivity index (χ2n) is 7.45. The van der Waals surface area contributed by atoms with Crippen molar-refractivity contribution in [3.63, 3.8) is 0 Å². The Balaban J connectivity index is 1.58. The quantitative estimate of drug-likeness (QED) is 0.476. The van der Waals surface area contributed by atoms with Crippen molar-refractivity contribution < 1.29 is 9.53 Å². The van der Waals surface area contributed by atoms with Crippen LogP contribution in [0.2, 0.25) is 5.02 Å². The van der Waals surface area contributed by atoms with Crippen LogP contribution < -0.4 is 4.90 Å². The zero-order valence-electron chi connectivity index (χ0n) is 17.6. The van der Waals surface area contributed by atoms with Crippen LogP contribution in [-0.2, 0) is 16.0 Å². The van der Waals surface area contributed by atoms with Crippen LogP contribution in [0.25, 0.3) is 16.3 Å². The van der Waals surface area contributed by atoms with E-state index in [0.29, 0.717) is 11.6 Å². The number of aryl methyl sites for hydroxylation is 1. The van der Waals surface area contributed by atoms with Crippen LogP contribution in [0.1, 0.15) is 18.1 Å². The summed E-state index contributed by atoms with van der Waals surface area (Å²) in [4.78, 5) is 22.1. The molecule has 1 aliphatic heterocycles. The molecule has 0 unspecified atom stereocenters. The van der Waals surface area contributed by atoms with E-state index < -0.39 is 0 Å². The standard InChI is InChI=1S/C24H26ClN3O2S/c1-2-18-7-9-21-22(17-18)31-24(26-21)28(12-11-27-13-15-30-16-14-27)23(29)10-8-19-5-3-4-6-20(19)25/h3-10,17H,2,11-16H2,1H3/b10-8+. The van der Waals surface area contributed by atoms with Gasteiger partial charge in [-0.15, -0.1) is 0 Å². The summed E-state index contributed by atoms with van der Waals surface area (Å²) in [6, 6.07) is 13.8. The number of anilines is 1. The molecule has 162 valence electrons. The van der Waals surface area contributed by atoms with E-state index in [4.69, 9.17) is 21.3 Å². The summed E-state index contributed by atoms with van der Waals surface area (Å²) >= 11 is 7.81. The first kappa shape index (κ1) is 22.0. The highest BCUT2D eigenvalue weighted by Gasteiger charge is 2.20. The number of aromatic nitrogens is 1. The number of hydrogen-bond acceptors (Lipinski definition) is 5. The fourth-order valence-corrected chi connectivity index (χ4v) is 4.78. The summed E-state index contributed by atoms with van der Waals surface area (Å²) in [5.74, 6) is -0.0945. The molecule has 2 heterocycles. The molecule has 1 fully saturated rings. The Morgan fingerprint density at radius 3 is 2.84 bits per heavy atom. The van der Waals surface area contributed by atoms with E-state index in [2.05, 4.69) is 24.0 Å². The summed E-state index contributed by atoms with van der Waals surface area (Å²) < 4.78 is 6.55. The highest BCUT2D eigenvalue weighted by molar-refractivity contribution is 7.22. The second-order valence-corrected chi connectivity index (χ2v) is 8.87. The molecule has 0 saturated carbocycles. The van der Waals surface area contributed by atoms with Gasteiger partial charge in [-0.2, -0.15) is 0 Å². The van der Waals surface area contributed by atoms with E-state index in [1.54, 1.807) is 28.4 Å². The molecule has 31 heavy (non-hydrogen) atoms. The number of carbonyl (C=O) groups is 1. The van der Waals surface area contributed by atoms with Gasteiger partial charge in [-0.1, -0.05) is 54.1 Å². The SMILES string of the molecule is CCc1ccc2nc(N(CCN3CCOCC3)C(=O)/C=C/c3ccccc3Cl)sc2c1. The molecule has 0 radical (unpaired) electrons. The fourth-order valence-electron chi connectivity index (χ4n) is 3.52. The number of morpholine rings is 1. The van der Waals surface area contributed by atoms with Crippen molar-refractivity contribution in [2.75, 3.05) is 44.3 Å². The van der Waals surface area contributed by atoms with Crippen LogP contribution in [0.5, 0.6) is 0 Å².